The van der Waals surface area contributed by atoms with Crippen molar-refractivity contribution in [2.45, 2.75) is 56.6 Å². The third kappa shape index (κ3) is 4.85. The summed E-state index contributed by atoms with van der Waals surface area (Å²) in [4.78, 5) is 11.1. The number of aliphatic hydroxyl groups is 4. The highest BCUT2D eigenvalue weighted by Crippen LogP contribution is 2.22. The second-order valence-corrected chi connectivity index (χ2v) is 5.24. The molecule has 1 heterocycles. The second kappa shape index (κ2) is 7.99. The molecular weight excluding hydrogens is 286 g/mol. The van der Waals surface area contributed by atoms with Crippen LogP contribution in [-0.2, 0) is 14.3 Å². The zero-order valence-electron chi connectivity index (χ0n) is 11.9. The fourth-order valence-corrected chi connectivity index (χ4v) is 1.99. The van der Waals surface area contributed by atoms with Crippen LogP contribution in [0.25, 0.3) is 0 Å². The molecule has 0 saturated carbocycles. The summed E-state index contributed by atoms with van der Waals surface area (Å²) in [6, 6.07) is -1.11. The first-order valence-corrected chi connectivity index (χ1v) is 6.68. The summed E-state index contributed by atoms with van der Waals surface area (Å²) < 4.78 is 10.3. The number of hydrogen-bond acceptors (Lipinski definition) is 8. The van der Waals surface area contributed by atoms with Crippen LogP contribution >= 0.6 is 0 Å². The maximum atomic E-state index is 11.1. The van der Waals surface area contributed by atoms with Crippen LogP contribution in [0.1, 0.15) is 13.8 Å². The molecule has 124 valence electrons. The molecule has 9 heteroatoms. The summed E-state index contributed by atoms with van der Waals surface area (Å²) >= 11 is 0. The van der Waals surface area contributed by atoms with E-state index in [1.54, 1.807) is 13.8 Å². The Hall–Kier alpha value is -0.810. The highest BCUT2D eigenvalue weighted by molar-refractivity contribution is 5.73. The Morgan fingerprint density at radius 3 is 2.33 bits per heavy atom. The monoisotopic (exact) mass is 309 g/mol. The Balaban J connectivity index is 2.61. The van der Waals surface area contributed by atoms with Crippen LogP contribution in [0.5, 0.6) is 0 Å². The molecule has 0 aliphatic carbocycles. The van der Waals surface area contributed by atoms with Gasteiger partial charge in [0.25, 0.3) is 0 Å². The molecular formula is C12H23NO8. The second-order valence-electron chi connectivity index (χ2n) is 5.24. The SMILES string of the molecule is CC(C)NC(COC1OC(CO)C(O)C(O)C1O)C(=O)O. The highest BCUT2D eigenvalue weighted by Gasteiger charge is 2.44. The molecule has 0 amide bonds. The summed E-state index contributed by atoms with van der Waals surface area (Å²) in [6.45, 7) is 2.65. The lowest BCUT2D eigenvalue weighted by atomic mass is 9.99. The molecule has 1 saturated heterocycles. The summed E-state index contributed by atoms with van der Waals surface area (Å²) in [6.07, 6.45) is -7.00. The molecule has 0 aromatic carbocycles. The molecule has 0 bridgehead atoms. The molecule has 9 nitrogen and oxygen atoms in total. The Bertz CT molecular complexity index is 337. The molecule has 6 N–H and O–H groups in total. The zero-order chi connectivity index (χ0) is 16.2. The van der Waals surface area contributed by atoms with Crippen LogP contribution in [0.15, 0.2) is 0 Å². The van der Waals surface area contributed by atoms with Gasteiger partial charge in [0, 0.05) is 6.04 Å². The van der Waals surface area contributed by atoms with E-state index in [4.69, 9.17) is 19.7 Å². The van der Waals surface area contributed by atoms with E-state index in [9.17, 15) is 20.1 Å². The third-order valence-corrected chi connectivity index (χ3v) is 3.11. The summed E-state index contributed by atoms with van der Waals surface area (Å²) in [5.41, 5.74) is 0. The van der Waals surface area contributed by atoms with Gasteiger partial charge in [-0.25, -0.2) is 0 Å². The number of aliphatic hydroxyl groups excluding tert-OH is 4. The van der Waals surface area contributed by atoms with E-state index in [0.717, 1.165) is 0 Å². The van der Waals surface area contributed by atoms with Gasteiger partial charge in [0.1, 0.15) is 30.5 Å². The van der Waals surface area contributed by atoms with Crippen molar-refractivity contribution in [1.82, 2.24) is 5.32 Å². The highest BCUT2D eigenvalue weighted by atomic mass is 16.7. The van der Waals surface area contributed by atoms with E-state index in [2.05, 4.69) is 5.32 Å². The molecule has 6 unspecified atom stereocenters. The lowest BCUT2D eigenvalue weighted by molar-refractivity contribution is -0.301. The first kappa shape index (κ1) is 18.2. The number of ether oxygens (including phenoxy) is 2. The largest absolute Gasteiger partial charge is 0.480 e. The summed E-state index contributed by atoms with van der Waals surface area (Å²) in [5.74, 6) is -1.13. The van der Waals surface area contributed by atoms with Gasteiger partial charge in [0.2, 0.25) is 0 Å². The number of carboxylic acid groups (broad SMARTS) is 1. The summed E-state index contributed by atoms with van der Waals surface area (Å²) in [7, 11) is 0. The van der Waals surface area contributed by atoms with Gasteiger partial charge in [0.05, 0.1) is 13.2 Å². The summed E-state index contributed by atoms with van der Waals surface area (Å²) in [5, 5.41) is 49.8. The van der Waals surface area contributed by atoms with E-state index in [1.807, 2.05) is 0 Å². The Labute approximate surface area is 122 Å². The third-order valence-electron chi connectivity index (χ3n) is 3.11. The lowest BCUT2D eigenvalue weighted by Crippen LogP contribution is -2.59. The molecule has 0 aromatic rings. The Kier molecular flexibility index (Phi) is 6.94. The van der Waals surface area contributed by atoms with Crippen molar-refractivity contribution in [3.63, 3.8) is 0 Å². The minimum atomic E-state index is -1.55. The zero-order valence-corrected chi connectivity index (χ0v) is 11.9. The van der Waals surface area contributed by atoms with Crippen molar-refractivity contribution in [1.29, 1.82) is 0 Å². The molecule has 0 radical (unpaired) electrons. The maximum Gasteiger partial charge on any atom is 0.323 e. The number of nitrogens with one attached hydrogen (secondary N) is 1. The average molecular weight is 309 g/mol. The molecule has 1 fully saturated rings. The molecule has 1 aliphatic rings. The van der Waals surface area contributed by atoms with Crippen molar-refractivity contribution >= 4 is 5.97 Å². The van der Waals surface area contributed by atoms with Gasteiger partial charge in [0.15, 0.2) is 6.29 Å². The predicted molar refractivity (Wildman–Crippen MR) is 69.4 cm³/mol. The number of rotatable bonds is 7. The van der Waals surface area contributed by atoms with Crippen molar-refractivity contribution < 1.29 is 39.8 Å². The minimum absolute atomic E-state index is 0.0931. The van der Waals surface area contributed by atoms with E-state index >= 15 is 0 Å². The van der Waals surface area contributed by atoms with Crippen LogP contribution in [0.3, 0.4) is 0 Å². The fourth-order valence-electron chi connectivity index (χ4n) is 1.99. The average Bonchev–Trinajstić information content (AvgIpc) is 2.42. The van der Waals surface area contributed by atoms with Crippen LogP contribution < -0.4 is 5.32 Å². The molecule has 6 atom stereocenters. The number of carbonyl (C=O) groups is 1. The molecule has 21 heavy (non-hydrogen) atoms. The molecule has 0 aromatic heterocycles. The first-order valence-electron chi connectivity index (χ1n) is 6.68. The van der Waals surface area contributed by atoms with Gasteiger partial charge < -0.3 is 40.3 Å². The van der Waals surface area contributed by atoms with Gasteiger partial charge in [-0.15, -0.1) is 0 Å². The quantitative estimate of drug-likeness (QED) is 0.294. The first-order chi connectivity index (χ1) is 9.77. The molecule has 1 rings (SSSR count). The normalized spacial score (nSPS) is 34.9. The fraction of sp³-hybridized carbons (Fsp3) is 0.917. The number of carboxylic acids is 1. The van der Waals surface area contributed by atoms with Crippen molar-refractivity contribution in [3.05, 3.63) is 0 Å². The molecule has 0 spiro atoms. The van der Waals surface area contributed by atoms with Gasteiger partial charge in [-0.3, -0.25) is 4.79 Å². The van der Waals surface area contributed by atoms with Crippen molar-refractivity contribution in [2.75, 3.05) is 13.2 Å². The topological polar surface area (TPSA) is 149 Å². The van der Waals surface area contributed by atoms with E-state index in [1.165, 1.54) is 0 Å². The van der Waals surface area contributed by atoms with Crippen LogP contribution in [0.2, 0.25) is 0 Å². The Morgan fingerprint density at radius 2 is 1.86 bits per heavy atom. The van der Waals surface area contributed by atoms with Gasteiger partial charge in [-0.05, 0) is 0 Å². The van der Waals surface area contributed by atoms with E-state index < -0.39 is 49.3 Å². The van der Waals surface area contributed by atoms with E-state index in [-0.39, 0.29) is 12.6 Å². The number of aliphatic carboxylic acids is 1. The van der Waals surface area contributed by atoms with Crippen LogP contribution in [-0.4, -0.2) is 87.5 Å². The van der Waals surface area contributed by atoms with E-state index in [0.29, 0.717) is 0 Å². The maximum absolute atomic E-state index is 11.1. The van der Waals surface area contributed by atoms with Gasteiger partial charge in [-0.2, -0.15) is 0 Å². The van der Waals surface area contributed by atoms with Gasteiger partial charge >= 0.3 is 5.97 Å². The Morgan fingerprint density at radius 1 is 1.24 bits per heavy atom. The lowest BCUT2D eigenvalue weighted by Gasteiger charge is -2.39. The predicted octanol–water partition coefficient (Wildman–Crippen LogP) is -2.75. The standard InChI is InChI=1S/C12H23NO8/c1-5(2)13-6(11(18)19)4-20-12-10(17)9(16)8(15)7(3-14)21-12/h5-10,12-17H,3-4H2,1-2H3,(H,18,19). The van der Waals surface area contributed by atoms with Crippen molar-refractivity contribution in [2.24, 2.45) is 0 Å². The van der Waals surface area contributed by atoms with Crippen molar-refractivity contribution in [3.8, 4) is 0 Å². The van der Waals surface area contributed by atoms with Crippen LogP contribution in [0.4, 0.5) is 0 Å². The van der Waals surface area contributed by atoms with Gasteiger partial charge in [-0.1, -0.05) is 13.8 Å². The molecule has 1 aliphatic heterocycles. The van der Waals surface area contributed by atoms with Crippen LogP contribution in [0, 0.1) is 0 Å². The number of hydrogen-bond donors (Lipinski definition) is 6. The smallest absolute Gasteiger partial charge is 0.323 e. The minimum Gasteiger partial charge on any atom is -0.480 e.